The topological polar surface area (TPSA) is 182 Å². The number of carbonyl (C=O) groups is 2. The van der Waals surface area contributed by atoms with Gasteiger partial charge in [-0.2, -0.15) is 5.10 Å². The molecule has 3 atom stereocenters. The van der Waals surface area contributed by atoms with E-state index in [0.717, 1.165) is 57.8 Å². The molecule has 0 spiro atoms. The molecule has 2 aliphatic rings. The predicted molar refractivity (Wildman–Crippen MR) is 126 cm³/mol. The molecule has 1 aliphatic carbocycles. The first-order valence-electron chi connectivity index (χ1n) is 12.0. The second kappa shape index (κ2) is 18.5. The van der Waals surface area contributed by atoms with Crippen molar-refractivity contribution in [2.75, 3.05) is 19.8 Å². The fourth-order valence-electron chi connectivity index (χ4n) is 3.92. The lowest BCUT2D eigenvalue weighted by Crippen LogP contribution is -2.67. The van der Waals surface area contributed by atoms with E-state index in [1.54, 1.807) is 6.92 Å². The number of hydrazine groups is 1. The number of esters is 1. The number of nitrogens with zero attached hydrogens (tertiary/aromatic N) is 1. The van der Waals surface area contributed by atoms with Crippen LogP contribution in [0.25, 0.3) is 0 Å². The van der Waals surface area contributed by atoms with Crippen molar-refractivity contribution >= 4 is 18.3 Å². The Kier molecular flexibility index (Phi) is 17.4. The number of rotatable bonds is 10. The van der Waals surface area contributed by atoms with Crippen LogP contribution in [0.5, 0.6) is 0 Å². The van der Waals surface area contributed by atoms with E-state index in [9.17, 15) is 19.8 Å². The van der Waals surface area contributed by atoms with E-state index in [1.165, 1.54) is 0 Å². The average Bonchev–Trinajstić information content (AvgIpc) is 2.80. The van der Waals surface area contributed by atoms with Crippen LogP contribution in [-0.4, -0.2) is 60.1 Å². The summed E-state index contributed by atoms with van der Waals surface area (Å²) in [6.07, 6.45) is 8.78. The number of piperidine rings is 1. The highest BCUT2D eigenvalue weighted by atomic mass is 16.5. The molecule has 11 heteroatoms. The number of aliphatic hydroxyl groups is 2. The van der Waals surface area contributed by atoms with Crippen LogP contribution < -0.4 is 22.4 Å². The zero-order valence-electron chi connectivity index (χ0n) is 20.4. The second-order valence-electron chi connectivity index (χ2n) is 8.14. The van der Waals surface area contributed by atoms with E-state index in [2.05, 4.69) is 27.6 Å². The lowest BCUT2D eigenvalue weighted by atomic mass is 9.70. The Morgan fingerprint density at radius 1 is 1.21 bits per heavy atom. The summed E-state index contributed by atoms with van der Waals surface area (Å²) in [5.41, 5.74) is 7.27. The Bertz CT molecular complexity index is 561. The molecule has 2 rings (SSSR count). The quantitative estimate of drug-likeness (QED) is 0.0388. The highest BCUT2D eigenvalue weighted by Crippen LogP contribution is 2.40. The van der Waals surface area contributed by atoms with Crippen molar-refractivity contribution in [3.63, 3.8) is 0 Å². The third-order valence-electron chi connectivity index (χ3n) is 5.75. The molecule has 0 bridgehead atoms. The van der Waals surface area contributed by atoms with Crippen LogP contribution in [0.4, 0.5) is 0 Å². The van der Waals surface area contributed by atoms with Crippen LogP contribution in [-0.2, 0) is 19.1 Å². The van der Waals surface area contributed by atoms with E-state index < -0.39 is 17.8 Å². The van der Waals surface area contributed by atoms with Crippen molar-refractivity contribution in [3.05, 3.63) is 0 Å². The van der Waals surface area contributed by atoms with Gasteiger partial charge in [-0.05, 0) is 38.6 Å². The number of nitrogens with two attached hydrogens (primary N) is 2. The molecule has 0 aromatic heterocycles. The molecule has 0 radical (unpaired) electrons. The minimum atomic E-state index is -1.98. The number of unbranched alkanes of at least 4 members (excludes halogenated alkanes) is 3. The van der Waals surface area contributed by atoms with Crippen molar-refractivity contribution in [2.24, 2.45) is 28.5 Å². The number of nitrogens with one attached hydrogen (secondary N) is 2. The fraction of sp³-hybridized carbons (Fsp3) is 0.864. The van der Waals surface area contributed by atoms with Crippen LogP contribution in [0.1, 0.15) is 78.6 Å². The fourth-order valence-corrected chi connectivity index (χ4v) is 3.92. The summed E-state index contributed by atoms with van der Waals surface area (Å²) in [5, 5.41) is 27.3. The summed E-state index contributed by atoms with van der Waals surface area (Å²) in [4.78, 5) is 21.3. The standard InChI is InChI=1S/C16H29NO4.C3H10N4.C3H6O2/c1-2-3-4-7-10-21-15(18)14-16(19,20)13-9-6-5-8-12(13)11-17-14;1-2-3(4)6-7-5;1-2-5-3-4/h12-14,17,19-20H,2-11H2,1H3;7H,2,5H2,1H3,(H2,4,6);3H,2H2,1H3. The van der Waals surface area contributed by atoms with Crippen LogP contribution in [0.15, 0.2) is 5.10 Å². The average molecular weight is 476 g/mol. The maximum atomic E-state index is 12.1. The summed E-state index contributed by atoms with van der Waals surface area (Å²) >= 11 is 0. The summed E-state index contributed by atoms with van der Waals surface area (Å²) < 4.78 is 9.37. The van der Waals surface area contributed by atoms with Gasteiger partial charge in [0.1, 0.15) is 5.84 Å². The number of ether oxygens (including phenoxy) is 2. The summed E-state index contributed by atoms with van der Waals surface area (Å²) in [5.74, 6) is 2.83. The number of carbonyl (C=O) groups excluding carboxylic acids is 2. The minimum absolute atomic E-state index is 0.217. The minimum Gasteiger partial charge on any atom is -0.468 e. The molecule has 0 aromatic rings. The monoisotopic (exact) mass is 475 g/mol. The first-order chi connectivity index (χ1) is 15.8. The maximum absolute atomic E-state index is 12.1. The first kappa shape index (κ1) is 31.0. The van der Waals surface area contributed by atoms with E-state index in [-0.39, 0.29) is 11.8 Å². The van der Waals surface area contributed by atoms with Gasteiger partial charge in [-0.3, -0.25) is 14.9 Å². The molecule has 1 saturated heterocycles. The predicted octanol–water partition coefficient (Wildman–Crippen LogP) is 0.880. The molecule has 0 aromatic carbocycles. The Morgan fingerprint density at radius 2 is 1.91 bits per heavy atom. The van der Waals surface area contributed by atoms with Gasteiger partial charge in [0.05, 0.1) is 13.2 Å². The zero-order valence-corrected chi connectivity index (χ0v) is 20.4. The van der Waals surface area contributed by atoms with E-state index >= 15 is 0 Å². The molecular formula is C22H45N5O6. The van der Waals surface area contributed by atoms with E-state index in [0.29, 0.717) is 32.1 Å². The van der Waals surface area contributed by atoms with E-state index in [4.69, 9.17) is 16.3 Å². The third kappa shape index (κ3) is 12.2. The second-order valence-corrected chi connectivity index (χ2v) is 8.14. The largest absolute Gasteiger partial charge is 0.468 e. The first-order valence-corrected chi connectivity index (χ1v) is 12.0. The van der Waals surface area contributed by atoms with Crippen LogP contribution in [0, 0.1) is 11.8 Å². The van der Waals surface area contributed by atoms with Gasteiger partial charge in [0.25, 0.3) is 6.47 Å². The molecule has 1 saturated carbocycles. The molecular weight excluding hydrogens is 430 g/mol. The van der Waals surface area contributed by atoms with Gasteiger partial charge >= 0.3 is 5.97 Å². The normalized spacial score (nSPS) is 23.5. The maximum Gasteiger partial charge on any atom is 0.328 e. The smallest absolute Gasteiger partial charge is 0.328 e. The lowest BCUT2D eigenvalue weighted by Gasteiger charge is -2.47. The summed E-state index contributed by atoms with van der Waals surface area (Å²) in [7, 11) is 0. The lowest BCUT2D eigenvalue weighted by molar-refractivity contribution is -0.253. The van der Waals surface area contributed by atoms with Crippen LogP contribution in [0.2, 0.25) is 0 Å². The number of hydrogen-bond donors (Lipinski definition) is 6. The Balaban J connectivity index is 0.000000706. The highest BCUT2D eigenvalue weighted by Gasteiger charge is 2.53. The molecule has 1 heterocycles. The molecule has 194 valence electrons. The molecule has 1 aliphatic heterocycles. The number of hydrogen-bond acceptors (Lipinski definition) is 10. The van der Waals surface area contributed by atoms with Crippen LogP contribution >= 0.6 is 0 Å². The number of fused-ring (bicyclic) bond motifs is 1. The highest BCUT2D eigenvalue weighted by molar-refractivity contribution is 5.79. The van der Waals surface area contributed by atoms with Crippen molar-refractivity contribution < 1.29 is 29.3 Å². The van der Waals surface area contributed by atoms with Gasteiger partial charge in [-0.15, -0.1) is 0 Å². The van der Waals surface area contributed by atoms with Gasteiger partial charge in [0, 0.05) is 12.3 Å². The van der Waals surface area contributed by atoms with Crippen molar-refractivity contribution in [1.82, 2.24) is 10.9 Å². The van der Waals surface area contributed by atoms with Crippen molar-refractivity contribution in [3.8, 4) is 0 Å². The SMILES string of the molecule is CC/C(N)=N/NN.CCCCCCOC(=O)C1NCC2CCCCC2C1(O)O.CCOC=O. The molecule has 33 heavy (non-hydrogen) atoms. The number of amidine groups is 1. The molecule has 2 fully saturated rings. The van der Waals surface area contributed by atoms with Gasteiger partial charge < -0.3 is 25.4 Å². The third-order valence-corrected chi connectivity index (χ3v) is 5.75. The van der Waals surface area contributed by atoms with Gasteiger partial charge in [-0.25, -0.2) is 11.4 Å². The van der Waals surface area contributed by atoms with E-state index in [1.807, 2.05) is 6.92 Å². The molecule has 11 nitrogen and oxygen atoms in total. The number of hydrazone groups is 1. The molecule has 8 N–H and O–H groups in total. The molecule has 3 unspecified atom stereocenters. The zero-order chi connectivity index (χ0) is 25.1. The van der Waals surface area contributed by atoms with Gasteiger partial charge in [-0.1, -0.05) is 46.0 Å². The Morgan fingerprint density at radius 3 is 2.42 bits per heavy atom. The summed E-state index contributed by atoms with van der Waals surface area (Å²) in [6, 6.07) is -1.01. The van der Waals surface area contributed by atoms with Crippen molar-refractivity contribution in [2.45, 2.75) is 90.4 Å². The summed E-state index contributed by atoms with van der Waals surface area (Å²) in [6.45, 7) is 7.73. The molecule has 0 amide bonds. The van der Waals surface area contributed by atoms with Gasteiger partial charge in [0.2, 0.25) is 0 Å². The van der Waals surface area contributed by atoms with Crippen LogP contribution in [0.3, 0.4) is 0 Å². The van der Waals surface area contributed by atoms with Crippen molar-refractivity contribution in [1.29, 1.82) is 0 Å². The Labute approximate surface area is 197 Å². The van der Waals surface area contributed by atoms with Gasteiger partial charge in [0.15, 0.2) is 11.8 Å². The Hall–Kier alpha value is -1.95.